The van der Waals surface area contributed by atoms with Crippen LogP contribution in [-0.4, -0.2) is 50.8 Å². The quantitative estimate of drug-likeness (QED) is 0.683. The third kappa shape index (κ3) is 3.83. The molecule has 9 nitrogen and oxygen atoms in total. The molecule has 0 saturated heterocycles. The molecule has 2 N–H and O–H groups in total. The van der Waals surface area contributed by atoms with E-state index in [-0.39, 0.29) is 17.4 Å². The summed E-state index contributed by atoms with van der Waals surface area (Å²) < 4.78 is 1.50. The average Bonchev–Trinajstić information content (AvgIpc) is 3.09. The van der Waals surface area contributed by atoms with Crippen LogP contribution in [0.15, 0.2) is 47.4 Å². The highest BCUT2D eigenvalue weighted by atomic mass is 16.2. The summed E-state index contributed by atoms with van der Waals surface area (Å²) in [7, 11) is 3.28. The van der Waals surface area contributed by atoms with Crippen LogP contribution < -0.4 is 10.9 Å². The zero-order valence-electron chi connectivity index (χ0n) is 15.8. The van der Waals surface area contributed by atoms with Crippen molar-refractivity contribution in [2.45, 2.75) is 13.5 Å². The predicted molar refractivity (Wildman–Crippen MR) is 102 cm³/mol. The maximum atomic E-state index is 12.8. The van der Waals surface area contributed by atoms with Crippen LogP contribution in [0.1, 0.15) is 32.0 Å². The number of carbonyl (C=O) groups is 2. The van der Waals surface area contributed by atoms with Crippen molar-refractivity contribution in [3.05, 3.63) is 75.3 Å². The number of amides is 2. The van der Waals surface area contributed by atoms with Crippen molar-refractivity contribution in [2.75, 3.05) is 14.1 Å². The molecule has 0 spiro atoms. The Morgan fingerprint density at radius 1 is 1.18 bits per heavy atom. The zero-order valence-corrected chi connectivity index (χ0v) is 15.8. The highest BCUT2D eigenvalue weighted by molar-refractivity contribution is 5.95. The molecule has 0 aliphatic heterocycles. The highest BCUT2D eigenvalue weighted by Gasteiger charge is 2.19. The Kier molecular flexibility index (Phi) is 5.35. The number of nitrogens with zero attached hydrogens (tertiary/aromatic N) is 4. The molecule has 0 bridgehead atoms. The van der Waals surface area contributed by atoms with E-state index in [0.717, 1.165) is 5.56 Å². The van der Waals surface area contributed by atoms with E-state index < -0.39 is 0 Å². The smallest absolute Gasteiger partial charge is 0.264 e. The molecular weight excluding hydrogens is 360 g/mol. The Bertz CT molecular complexity index is 1050. The summed E-state index contributed by atoms with van der Waals surface area (Å²) in [6.45, 7) is 2.15. The van der Waals surface area contributed by atoms with Gasteiger partial charge in [0.25, 0.3) is 17.4 Å². The minimum atomic E-state index is -0.313. The first-order valence-corrected chi connectivity index (χ1v) is 8.58. The first kappa shape index (κ1) is 19.0. The van der Waals surface area contributed by atoms with Gasteiger partial charge in [-0.1, -0.05) is 12.1 Å². The van der Waals surface area contributed by atoms with Gasteiger partial charge in [0.05, 0.1) is 17.5 Å². The molecule has 0 radical (unpaired) electrons. The maximum Gasteiger partial charge on any atom is 0.264 e. The fourth-order valence-electron chi connectivity index (χ4n) is 2.76. The predicted octanol–water partition coefficient (Wildman–Crippen LogP) is 0.896. The van der Waals surface area contributed by atoms with Crippen molar-refractivity contribution in [3.63, 3.8) is 0 Å². The Labute approximate surface area is 161 Å². The molecule has 3 rings (SSSR count). The first-order chi connectivity index (χ1) is 13.4. The van der Waals surface area contributed by atoms with Crippen LogP contribution in [0, 0.1) is 6.92 Å². The van der Waals surface area contributed by atoms with Crippen LogP contribution in [0.4, 0.5) is 0 Å². The molecule has 144 valence electrons. The first-order valence-electron chi connectivity index (χ1n) is 8.58. The molecule has 0 unspecified atom stereocenters. The van der Waals surface area contributed by atoms with E-state index in [1.165, 1.54) is 23.0 Å². The van der Waals surface area contributed by atoms with Crippen LogP contribution in [0.25, 0.3) is 5.82 Å². The Balaban J connectivity index is 1.75. The topological polar surface area (TPSA) is 113 Å². The van der Waals surface area contributed by atoms with E-state index >= 15 is 0 Å². The highest BCUT2D eigenvalue weighted by Crippen LogP contribution is 2.15. The van der Waals surface area contributed by atoms with Crippen LogP contribution in [0.3, 0.4) is 0 Å². The number of H-pyrrole nitrogens is 1. The van der Waals surface area contributed by atoms with E-state index in [0.29, 0.717) is 29.2 Å². The maximum absolute atomic E-state index is 12.8. The second-order valence-electron chi connectivity index (χ2n) is 6.27. The summed E-state index contributed by atoms with van der Waals surface area (Å²) in [6.07, 6.45) is 1.48. The molecule has 0 saturated carbocycles. The minimum absolute atomic E-state index is 0.158. The van der Waals surface area contributed by atoms with Gasteiger partial charge in [-0.15, -0.1) is 0 Å². The van der Waals surface area contributed by atoms with Gasteiger partial charge in [-0.3, -0.25) is 14.4 Å². The number of carbonyl (C=O) groups excluding carboxylic acids is 2. The zero-order chi connectivity index (χ0) is 20.3. The molecule has 1 aromatic carbocycles. The molecule has 0 aliphatic carbocycles. The molecular formula is C19H20N6O3. The monoisotopic (exact) mass is 380 g/mol. The minimum Gasteiger partial charge on any atom is -0.355 e. The van der Waals surface area contributed by atoms with Gasteiger partial charge >= 0.3 is 0 Å². The molecule has 0 atom stereocenters. The number of rotatable bonds is 5. The lowest BCUT2D eigenvalue weighted by Crippen LogP contribution is -2.26. The number of hydrogen-bond acceptors (Lipinski definition) is 5. The summed E-state index contributed by atoms with van der Waals surface area (Å²) >= 11 is 0. The van der Waals surface area contributed by atoms with Gasteiger partial charge in [0.15, 0.2) is 5.82 Å². The van der Waals surface area contributed by atoms with Gasteiger partial charge in [0, 0.05) is 32.3 Å². The normalized spacial score (nSPS) is 10.5. The van der Waals surface area contributed by atoms with E-state index in [4.69, 9.17) is 0 Å². The molecule has 0 fully saturated rings. The Morgan fingerprint density at radius 2 is 1.89 bits per heavy atom. The lowest BCUT2D eigenvalue weighted by atomic mass is 10.1. The number of benzene rings is 1. The van der Waals surface area contributed by atoms with Crippen LogP contribution in [-0.2, 0) is 6.54 Å². The molecule has 9 heteroatoms. The Hall–Kier alpha value is -3.75. The summed E-state index contributed by atoms with van der Waals surface area (Å²) in [4.78, 5) is 37.2. The second-order valence-corrected chi connectivity index (χ2v) is 6.27. The van der Waals surface area contributed by atoms with E-state index in [1.807, 2.05) is 12.1 Å². The Morgan fingerprint density at radius 3 is 2.50 bits per heavy atom. The fourth-order valence-corrected chi connectivity index (χ4v) is 2.76. The fraction of sp³-hybridized carbons (Fsp3) is 0.211. The molecule has 2 heterocycles. The van der Waals surface area contributed by atoms with Gasteiger partial charge in [0.2, 0.25) is 0 Å². The summed E-state index contributed by atoms with van der Waals surface area (Å²) in [5.41, 5.74) is 2.21. The van der Waals surface area contributed by atoms with E-state index in [2.05, 4.69) is 20.6 Å². The lowest BCUT2D eigenvalue weighted by Gasteiger charge is -2.17. The third-order valence-electron chi connectivity index (χ3n) is 4.33. The molecule has 2 amide bonds. The molecule has 28 heavy (non-hydrogen) atoms. The summed E-state index contributed by atoms with van der Waals surface area (Å²) in [6, 6.07) is 9.95. The molecule has 2 aromatic heterocycles. The van der Waals surface area contributed by atoms with Crippen molar-refractivity contribution in [1.82, 2.24) is 30.2 Å². The standard InChI is InChI=1S/C19H20N6O3/c1-12-15(10-21-25(12)16-8-9-17(26)23-22-16)19(28)24(3)11-13-4-6-14(7-5-13)18(27)20-2/h4-10H,11H2,1-3H3,(H,20,27)(H,23,26). The number of aromatic amines is 1. The largest absolute Gasteiger partial charge is 0.355 e. The third-order valence-corrected chi connectivity index (χ3v) is 4.33. The average molecular weight is 380 g/mol. The number of nitrogens with one attached hydrogen (secondary N) is 2. The summed E-state index contributed by atoms with van der Waals surface area (Å²) in [5, 5.41) is 13.1. The van der Waals surface area contributed by atoms with E-state index in [1.54, 1.807) is 38.1 Å². The van der Waals surface area contributed by atoms with Crippen molar-refractivity contribution in [2.24, 2.45) is 0 Å². The van der Waals surface area contributed by atoms with Crippen molar-refractivity contribution < 1.29 is 9.59 Å². The second kappa shape index (κ2) is 7.87. The SMILES string of the molecule is CNC(=O)c1ccc(CN(C)C(=O)c2cnn(-c3ccc(=O)[nH]n3)c2C)cc1. The van der Waals surface area contributed by atoms with Gasteiger partial charge < -0.3 is 10.2 Å². The van der Waals surface area contributed by atoms with Crippen LogP contribution in [0.2, 0.25) is 0 Å². The van der Waals surface area contributed by atoms with Crippen LogP contribution >= 0.6 is 0 Å². The summed E-state index contributed by atoms with van der Waals surface area (Å²) in [5.74, 6) is 0.0713. The van der Waals surface area contributed by atoms with Gasteiger partial charge in [0.1, 0.15) is 0 Å². The van der Waals surface area contributed by atoms with Gasteiger partial charge in [-0.05, 0) is 30.7 Å². The van der Waals surface area contributed by atoms with Gasteiger partial charge in [-0.25, -0.2) is 9.78 Å². The van der Waals surface area contributed by atoms with E-state index in [9.17, 15) is 14.4 Å². The van der Waals surface area contributed by atoms with Gasteiger partial charge in [-0.2, -0.15) is 10.2 Å². The van der Waals surface area contributed by atoms with Crippen molar-refractivity contribution in [3.8, 4) is 5.82 Å². The molecule has 0 aliphatic rings. The van der Waals surface area contributed by atoms with Crippen LogP contribution in [0.5, 0.6) is 0 Å². The number of aromatic nitrogens is 4. The number of hydrogen-bond donors (Lipinski definition) is 2. The lowest BCUT2D eigenvalue weighted by molar-refractivity contribution is 0.0784. The molecule has 3 aromatic rings. The van der Waals surface area contributed by atoms with Crippen molar-refractivity contribution >= 4 is 11.8 Å². The van der Waals surface area contributed by atoms with Crippen molar-refractivity contribution in [1.29, 1.82) is 0 Å².